The van der Waals surface area contributed by atoms with Gasteiger partial charge in [-0.05, 0) is 73.4 Å². The predicted octanol–water partition coefficient (Wildman–Crippen LogP) is 8.10. The second-order valence-corrected chi connectivity index (χ2v) is 13.8. The summed E-state index contributed by atoms with van der Waals surface area (Å²) in [5.74, 6) is -0.708. The molecule has 0 aliphatic heterocycles. The Kier molecular flexibility index (Phi) is 8.82. The highest BCUT2D eigenvalue weighted by Crippen LogP contribution is 2.37. The third-order valence-corrected chi connectivity index (χ3v) is 8.98. The second-order valence-electron chi connectivity index (χ2n) is 11.0. The van der Waals surface area contributed by atoms with Crippen molar-refractivity contribution in [2.75, 3.05) is 6.26 Å². The van der Waals surface area contributed by atoms with Crippen LogP contribution in [0.15, 0.2) is 96.0 Å². The van der Waals surface area contributed by atoms with E-state index in [2.05, 4.69) is 4.98 Å². The molecule has 0 radical (unpaired) electrons. The highest BCUT2D eigenvalue weighted by atomic mass is 35.5. The van der Waals surface area contributed by atoms with Crippen molar-refractivity contribution < 1.29 is 22.7 Å². The number of aryl methyl sites for hydroxylation is 1. The van der Waals surface area contributed by atoms with E-state index in [1.165, 1.54) is 24.3 Å². The highest BCUT2D eigenvalue weighted by molar-refractivity contribution is 7.90. The number of imidazole rings is 1. The van der Waals surface area contributed by atoms with Gasteiger partial charge >= 0.3 is 0 Å². The van der Waals surface area contributed by atoms with Crippen LogP contribution in [0.1, 0.15) is 41.9 Å². The maximum atomic E-state index is 15.0. The molecule has 0 amide bonds. The van der Waals surface area contributed by atoms with Crippen LogP contribution in [-0.2, 0) is 21.9 Å². The zero-order valence-electron chi connectivity index (χ0n) is 24.2. The van der Waals surface area contributed by atoms with E-state index < -0.39 is 21.3 Å². The summed E-state index contributed by atoms with van der Waals surface area (Å²) in [6, 6.07) is 23.6. The van der Waals surface area contributed by atoms with Gasteiger partial charge in [-0.15, -0.1) is 0 Å². The molecule has 5 rings (SSSR count). The lowest BCUT2D eigenvalue weighted by molar-refractivity contribution is 0.0743. The number of nitrogens with zero attached hydrogens (tertiary/aromatic N) is 2. The molecule has 0 aliphatic carbocycles. The van der Waals surface area contributed by atoms with Crippen LogP contribution in [0.5, 0.6) is 0 Å². The molecular weight excluding hydrogens is 622 g/mol. The molecule has 1 N–H and O–H groups in total. The van der Waals surface area contributed by atoms with E-state index in [9.17, 15) is 22.7 Å². The van der Waals surface area contributed by atoms with Crippen molar-refractivity contribution in [2.24, 2.45) is 0 Å². The first-order valence-electron chi connectivity index (χ1n) is 13.7. The second kappa shape index (κ2) is 12.3. The fraction of sp³-hybridized carbons (Fsp3) is 0.176. The molecule has 0 spiro atoms. The predicted molar refractivity (Wildman–Crippen MR) is 172 cm³/mol. The molecular formula is C34H29Cl2FN2O4S. The normalized spacial score (nSPS) is 12.0. The Morgan fingerprint density at radius 3 is 2.25 bits per heavy atom. The molecule has 0 fully saturated rings. The number of rotatable bonds is 9. The van der Waals surface area contributed by atoms with E-state index in [4.69, 9.17) is 23.2 Å². The first kappa shape index (κ1) is 31.6. The summed E-state index contributed by atoms with van der Waals surface area (Å²) in [7, 11) is -3.75. The zero-order valence-corrected chi connectivity index (χ0v) is 26.5. The van der Waals surface area contributed by atoms with E-state index >= 15 is 0 Å². The zero-order chi connectivity index (χ0) is 31.8. The Bertz CT molecular complexity index is 1960. The van der Waals surface area contributed by atoms with Crippen LogP contribution in [0.4, 0.5) is 4.39 Å². The molecule has 1 aromatic heterocycles. The number of aromatic nitrogens is 2. The van der Waals surface area contributed by atoms with Crippen molar-refractivity contribution in [1.29, 1.82) is 0 Å². The van der Waals surface area contributed by atoms with Crippen molar-refractivity contribution in [2.45, 2.75) is 37.2 Å². The number of benzene rings is 4. The molecule has 1 heterocycles. The number of aliphatic hydroxyl groups is 1. The quantitative estimate of drug-likeness (QED) is 0.163. The van der Waals surface area contributed by atoms with Crippen LogP contribution >= 0.6 is 23.2 Å². The van der Waals surface area contributed by atoms with Gasteiger partial charge in [-0.3, -0.25) is 9.36 Å². The van der Waals surface area contributed by atoms with Crippen molar-refractivity contribution in [1.82, 2.24) is 9.55 Å². The topological polar surface area (TPSA) is 89.3 Å². The standard InChI is InChI=1S/C34H29Cl2FN2O4S/c1-34(2,41)31-20-39(33(38-31)32-25(35)10-7-11-27(32)37)28-16-14-22(18-26(28)36)23-13-15-24(30(19-23)44(3,42)43)29(40)17-12-21-8-5-4-6-9-21/h4-11,13-16,18-20,41H,12,17H2,1-3H3. The number of halogens is 3. The van der Waals surface area contributed by atoms with E-state index in [0.717, 1.165) is 11.8 Å². The molecule has 4 aromatic carbocycles. The molecule has 10 heteroatoms. The summed E-state index contributed by atoms with van der Waals surface area (Å²) < 4.78 is 42.1. The lowest BCUT2D eigenvalue weighted by atomic mass is 9.99. The highest BCUT2D eigenvalue weighted by Gasteiger charge is 2.26. The average Bonchev–Trinajstić information content (AvgIpc) is 3.41. The third-order valence-electron chi connectivity index (χ3n) is 7.22. The first-order chi connectivity index (χ1) is 20.7. The molecule has 5 aromatic rings. The van der Waals surface area contributed by atoms with Crippen molar-refractivity contribution in [3.05, 3.63) is 124 Å². The maximum absolute atomic E-state index is 15.0. The van der Waals surface area contributed by atoms with Crippen LogP contribution in [0.3, 0.4) is 0 Å². The van der Waals surface area contributed by atoms with E-state index in [-0.39, 0.29) is 49.8 Å². The Morgan fingerprint density at radius 1 is 0.932 bits per heavy atom. The molecule has 44 heavy (non-hydrogen) atoms. The molecule has 0 aliphatic rings. The number of carbonyl (C=O) groups is 1. The first-order valence-corrected chi connectivity index (χ1v) is 16.4. The third kappa shape index (κ3) is 6.64. The molecule has 0 unspecified atom stereocenters. The lowest BCUT2D eigenvalue weighted by Gasteiger charge is -2.14. The molecule has 0 saturated heterocycles. The SMILES string of the molecule is CC(C)(O)c1cn(-c2ccc(-c3ccc(C(=O)CCc4ccccc4)c(S(C)(=O)=O)c3)cc2Cl)c(-c2c(F)cccc2Cl)n1. The fourth-order valence-electron chi connectivity index (χ4n) is 4.90. The molecule has 0 saturated carbocycles. The van der Waals surface area contributed by atoms with Gasteiger partial charge in [0.2, 0.25) is 0 Å². The van der Waals surface area contributed by atoms with Gasteiger partial charge in [0.05, 0.1) is 31.9 Å². The largest absolute Gasteiger partial charge is 0.384 e. The van der Waals surface area contributed by atoms with Crippen LogP contribution in [0.25, 0.3) is 28.2 Å². The van der Waals surface area contributed by atoms with Gasteiger partial charge in [0.1, 0.15) is 17.2 Å². The minimum Gasteiger partial charge on any atom is -0.384 e. The number of carbonyl (C=O) groups excluding carboxylic acids is 1. The van der Waals surface area contributed by atoms with Crippen LogP contribution in [-0.4, -0.2) is 35.1 Å². The van der Waals surface area contributed by atoms with Crippen molar-refractivity contribution >= 4 is 38.8 Å². The molecule has 0 atom stereocenters. The number of hydrogen-bond donors (Lipinski definition) is 1. The number of hydrogen-bond acceptors (Lipinski definition) is 5. The van der Waals surface area contributed by atoms with Gasteiger partial charge in [-0.1, -0.05) is 71.7 Å². The minimum atomic E-state index is -3.75. The summed E-state index contributed by atoms with van der Waals surface area (Å²) in [5.41, 5.74) is 1.68. The number of ketones is 1. The van der Waals surface area contributed by atoms with Gasteiger partial charge < -0.3 is 5.11 Å². The number of Topliss-reactive ketones (excluding diaryl/α,β-unsaturated/α-hetero) is 1. The van der Waals surface area contributed by atoms with Gasteiger partial charge in [0, 0.05) is 24.4 Å². The molecule has 0 bridgehead atoms. The summed E-state index contributed by atoms with van der Waals surface area (Å²) in [4.78, 5) is 17.6. The maximum Gasteiger partial charge on any atom is 0.176 e. The Morgan fingerprint density at radius 2 is 1.61 bits per heavy atom. The molecule has 6 nitrogen and oxygen atoms in total. The van der Waals surface area contributed by atoms with Gasteiger partial charge in [0.25, 0.3) is 0 Å². The fourth-order valence-corrected chi connectivity index (χ4v) is 6.35. The summed E-state index contributed by atoms with van der Waals surface area (Å²) >= 11 is 13.1. The van der Waals surface area contributed by atoms with Gasteiger partial charge in [-0.25, -0.2) is 17.8 Å². The lowest BCUT2D eigenvalue weighted by Crippen LogP contribution is -2.15. The van der Waals surface area contributed by atoms with Crippen LogP contribution < -0.4 is 0 Å². The number of sulfone groups is 1. The Balaban J connectivity index is 1.54. The Labute approximate surface area is 265 Å². The average molecular weight is 652 g/mol. The Hall–Kier alpha value is -3.82. The van der Waals surface area contributed by atoms with Gasteiger partial charge in [-0.2, -0.15) is 0 Å². The molecule has 226 valence electrons. The van der Waals surface area contributed by atoms with Crippen molar-refractivity contribution in [3.8, 4) is 28.2 Å². The van der Waals surface area contributed by atoms with E-state index in [1.54, 1.807) is 54.9 Å². The van der Waals surface area contributed by atoms with Crippen molar-refractivity contribution in [3.63, 3.8) is 0 Å². The monoisotopic (exact) mass is 650 g/mol. The van der Waals surface area contributed by atoms with Crippen LogP contribution in [0, 0.1) is 5.82 Å². The summed E-state index contributed by atoms with van der Waals surface area (Å²) in [5, 5.41) is 11.0. The minimum absolute atomic E-state index is 0.0510. The summed E-state index contributed by atoms with van der Waals surface area (Å²) in [6.45, 7) is 3.12. The van der Waals surface area contributed by atoms with Crippen LogP contribution in [0.2, 0.25) is 10.0 Å². The smallest absolute Gasteiger partial charge is 0.176 e. The van der Waals surface area contributed by atoms with E-state index in [1.807, 2.05) is 30.3 Å². The van der Waals surface area contributed by atoms with Gasteiger partial charge in [0.15, 0.2) is 15.6 Å². The summed E-state index contributed by atoms with van der Waals surface area (Å²) in [6.07, 6.45) is 3.30. The van der Waals surface area contributed by atoms with E-state index in [0.29, 0.717) is 23.2 Å².